The fourth-order valence-corrected chi connectivity index (χ4v) is 3.77. The first-order valence-corrected chi connectivity index (χ1v) is 8.47. The van der Waals surface area contributed by atoms with Crippen molar-refractivity contribution in [2.45, 2.75) is 47.0 Å². The van der Waals surface area contributed by atoms with Crippen molar-refractivity contribution >= 4 is 12.2 Å². The standard InChI is InChI=1S/C18H27N3O2/c1-5-20-23-17(22)18(9-13(2)11-19)6-7-21(12-14(3)10-18)16-8-15(16)4/h5,8,13-15H,6-7,9-10,12H2,1-4H3. The van der Waals surface area contributed by atoms with Gasteiger partial charge in [-0.15, -0.1) is 0 Å². The highest BCUT2D eigenvalue weighted by atomic mass is 16.7. The van der Waals surface area contributed by atoms with Gasteiger partial charge in [-0.1, -0.05) is 25.1 Å². The van der Waals surface area contributed by atoms with E-state index in [0.29, 0.717) is 24.7 Å². The molecule has 0 bridgehead atoms. The van der Waals surface area contributed by atoms with Crippen molar-refractivity contribution < 1.29 is 9.63 Å². The van der Waals surface area contributed by atoms with Crippen LogP contribution in [0.25, 0.3) is 0 Å². The van der Waals surface area contributed by atoms with Gasteiger partial charge >= 0.3 is 5.97 Å². The first-order valence-electron chi connectivity index (χ1n) is 8.47. The van der Waals surface area contributed by atoms with Crippen molar-refractivity contribution in [3.63, 3.8) is 0 Å². The summed E-state index contributed by atoms with van der Waals surface area (Å²) < 4.78 is 0. The molecule has 23 heavy (non-hydrogen) atoms. The van der Waals surface area contributed by atoms with Crippen molar-refractivity contribution in [2.24, 2.45) is 28.3 Å². The summed E-state index contributed by atoms with van der Waals surface area (Å²) in [5, 5.41) is 12.9. The molecule has 0 aromatic carbocycles. The summed E-state index contributed by atoms with van der Waals surface area (Å²) in [6.07, 6.45) is 5.73. The fourth-order valence-electron chi connectivity index (χ4n) is 3.77. The van der Waals surface area contributed by atoms with E-state index >= 15 is 0 Å². The van der Waals surface area contributed by atoms with E-state index in [1.807, 2.05) is 6.92 Å². The van der Waals surface area contributed by atoms with Crippen LogP contribution in [-0.4, -0.2) is 30.2 Å². The molecule has 0 amide bonds. The Bertz CT molecular complexity index is 549. The van der Waals surface area contributed by atoms with Gasteiger partial charge < -0.3 is 9.74 Å². The normalized spacial score (nSPS) is 32.0. The lowest BCUT2D eigenvalue weighted by Gasteiger charge is -2.31. The molecule has 5 nitrogen and oxygen atoms in total. The number of likely N-dealkylation sites (tertiary alicyclic amines) is 1. The Morgan fingerprint density at radius 1 is 1.65 bits per heavy atom. The van der Waals surface area contributed by atoms with Crippen molar-refractivity contribution in [3.8, 4) is 6.07 Å². The average molecular weight is 317 g/mol. The zero-order valence-corrected chi connectivity index (χ0v) is 14.6. The number of nitrogens with zero attached hydrogens (tertiary/aromatic N) is 3. The van der Waals surface area contributed by atoms with Crippen molar-refractivity contribution in [2.75, 3.05) is 13.1 Å². The Labute approximate surface area is 139 Å². The molecule has 0 aromatic heterocycles. The molecule has 2 rings (SSSR count). The molecule has 5 heteroatoms. The summed E-state index contributed by atoms with van der Waals surface area (Å²) in [6.45, 7) is 9.76. The maximum Gasteiger partial charge on any atom is 0.341 e. The molecule has 0 aromatic rings. The van der Waals surface area contributed by atoms with Crippen LogP contribution in [0.5, 0.6) is 0 Å². The van der Waals surface area contributed by atoms with Gasteiger partial charge in [-0.05, 0) is 39.0 Å². The van der Waals surface area contributed by atoms with Crippen LogP contribution in [0.1, 0.15) is 47.0 Å². The quantitative estimate of drug-likeness (QED) is 0.443. The summed E-state index contributed by atoms with van der Waals surface area (Å²) in [5.74, 6) is 0.467. The first kappa shape index (κ1) is 17.5. The van der Waals surface area contributed by atoms with Crippen molar-refractivity contribution in [3.05, 3.63) is 11.8 Å². The Kier molecular flexibility index (Phi) is 5.46. The lowest BCUT2D eigenvalue weighted by atomic mass is 9.72. The fraction of sp³-hybridized carbons (Fsp3) is 0.722. The lowest BCUT2D eigenvalue weighted by molar-refractivity contribution is -0.158. The molecule has 2 aliphatic rings. The van der Waals surface area contributed by atoms with Crippen LogP contribution in [0, 0.1) is 34.5 Å². The highest BCUT2D eigenvalue weighted by Crippen LogP contribution is 2.43. The summed E-state index contributed by atoms with van der Waals surface area (Å²) in [6, 6.07) is 2.27. The van der Waals surface area contributed by atoms with Crippen LogP contribution in [-0.2, 0) is 9.63 Å². The van der Waals surface area contributed by atoms with Gasteiger partial charge in [-0.2, -0.15) is 5.26 Å². The van der Waals surface area contributed by atoms with Crippen LogP contribution in [0.4, 0.5) is 0 Å². The topological polar surface area (TPSA) is 65.7 Å². The molecule has 1 aliphatic heterocycles. The molecule has 4 atom stereocenters. The molecule has 1 aliphatic carbocycles. The van der Waals surface area contributed by atoms with E-state index in [0.717, 1.165) is 19.5 Å². The van der Waals surface area contributed by atoms with E-state index < -0.39 is 5.41 Å². The van der Waals surface area contributed by atoms with Gasteiger partial charge in [0.15, 0.2) is 0 Å². The van der Waals surface area contributed by atoms with Gasteiger partial charge in [0.05, 0.1) is 11.5 Å². The van der Waals surface area contributed by atoms with Crippen LogP contribution in [0.2, 0.25) is 0 Å². The molecule has 4 unspecified atom stereocenters. The van der Waals surface area contributed by atoms with Gasteiger partial charge in [-0.3, -0.25) is 0 Å². The number of carbonyl (C=O) groups excluding carboxylic acids is 1. The number of carbonyl (C=O) groups is 1. The second-order valence-electron chi connectivity index (χ2n) is 7.14. The molecule has 1 fully saturated rings. The van der Waals surface area contributed by atoms with Gasteiger partial charge in [0.2, 0.25) is 0 Å². The zero-order valence-electron chi connectivity index (χ0n) is 14.6. The second-order valence-corrected chi connectivity index (χ2v) is 7.14. The maximum atomic E-state index is 12.7. The molecular formula is C18H27N3O2. The van der Waals surface area contributed by atoms with Crippen LogP contribution in [0.15, 0.2) is 16.9 Å². The summed E-state index contributed by atoms with van der Waals surface area (Å²) >= 11 is 0. The summed E-state index contributed by atoms with van der Waals surface area (Å²) in [7, 11) is 0. The van der Waals surface area contributed by atoms with Crippen LogP contribution >= 0.6 is 0 Å². The van der Waals surface area contributed by atoms with Gasteiger partial charge in [0.1, 0.15) is 0 Å². The zero-order chi connectivity index (χ0) is 17.0. The van der Waals surface area contributed by atoms with E-state index in [1.165, 1.54) is 11.9 Å². The maximum absolute atomic E-state index is 12.7. The van der Waals surface area contributed by atoms with Crippen LogP contribution < -0.4 is 0 Å². The van der Waals surface area contributed by atoms with Gasteiger partial charge in [-0.25, -0.2) is 4.79 Å². The van der Waals surface area contributed by atoms with E-state index in [9.17, 15) is 10.1 Å². The minimum absolute atomic E-state index is 0.175. The Balaban J connectivity index is 2.20. The highest BCUT2D eigenvalue weighted by Gasteiger charge is 2.45. The predicted octanol–water partition coefficient (Wildman–Crippen LogP) is 3.34. The number of nitriles is 1. The largest absolute Gasteiger partial charge is 0.374 e. The number of oxime groups is 1. The SMILES string of the molecule is CC=NOC(=O)C1(CC(C)C#N)CCN(C2=CC2C)CC(C)C1. The molecule has 1 saturated heterocycles. The smallest absolute Gasteiger partial charge is 0.341 e. The Morgan fingerprint density at radius 2 is 2.35 bits per heavy atom. The number of rotatable bonds is 5. The average Bonchev–Trinajstić information content (AvgIpc) is 3.26. The summed E-state index contributed by atoms with van der Waals surface area (Å²) in [5.41, 5.74) is 0.773. The monoisotopic (exact) mass is 317 g/mol. The molecule has 0 radical (unpaired) electrons. The Morgan fingerprint density at radius 3 is 2.91 bits per heavy atom. The van der Waals surface area contributed by atoms with Crippen molar-refractivity contribution in [1.29, 1.82) is 5.26 Å². The number of hydrogen-bond acceptors (Lipinski definition) is 5. The first-order chi connectivity index (χ1) is 10.9. The van der Waals surface area contributed by atoms with Crippen LogP contribution in [0.3, 0.4) is 0 Å². The number of allylic oxidation sites excluding steroid dienone is 2. The van der Waals surface area contributed by atoms with Crippen molar-refractivity contribution in [1.82, 2.24) is 4.90 Å². The third-order valence-electron chi connectivity index (χ3n) is 4.87. The minimum Gasteiger partial charge on any atom is -0.374 e. The third kappa shape index (κ3) is 4.13. The molecular weight excluding hydrogens is 290 g/mol. The third-order valence-corrected chi connectivity index (χ3v) is 4.87. The van der Waals surface area contributed by atoms with E-state index in [2.05, 4.69) is 36.0 Å². The van der Waals surface area contributed by atoms with E-state index in [-0.39, 0.29) is 11.9 Å². The van der Waals surface area contributed by atoms with Gasteiger partial charge in [0.25, 0.3) is 0 Å². The molecule has 0 spiro atoms. The summed E-state index contributed by atoms with van der Waals surface area (Å²) in [4.78, 5) is 20.2. The van der Waals surface area contributed by atoms with E-state index in [4.69, 9.17) is 4.84 Å². The lowest BCUT2D eigenvalue weighted by Crippen LogP contribution is -2.36. The molecule has 0 saturated carbocycles. The molecule has 1 heterocycles. The highest BCUT2D eigenvalue weighted by molar-refractivity contribution is 5.77. The Hall–Kier alpha value is -1.83. The molecule has 126 valence electrons. The molecule has 0 N–H and O–H groups in total. The second kappa shape index (κ2) is 7.16. The van der Waals surface area contributed by atoms with E-state index in [1.54, 1.807) is 6.92 Å². The van der Waals surface area contributed by atoms with Gasteiger partial charge in [0, 0.05) is 36.8 Å². The predicted molar refractivity (Wildman–Crippen MR) is 89.3 cm³/mol. The number of hydrogen-bond donors (Lipinski definition) is 0. The minimum atomic E-state index is -0.617.